The van der Waals surface area contributed by atoms with E-state index in [0.717, 1.165) is 47.5 Å². The van der Waals surface area contributed by atoms with Crippen LogP contribution in [0.5, 0.6) is 0 Å². The predicted molar refractivity (Wildman–Crippen MR) is 158 cm³/mol. The molecule has 1 aliphatic rings. The molecule has 1 aromatic carbocycles. The SMILES string of the molecule is COCCn1c(=NC(=O)CS(=O)(=O)CC(=O)Nc2sc3c(c2C(=O)OC)CCCCC3)sc2cc(C(=O)OC)ccc21. The fraction of sp³-hybridized carbons (Fsp3) is 0.444. The highest BCUT2D eigenvalue weighted by molar-refractivity contribution is 7.92. The number of thiophene rings is 1. The number of amides is 2. The van der Waals surface area contributed by atoms with Gasteiger partial charge in [-0.3, -0.25) is 9.59 Å². The van der Waals surface area contributed by atoms with E-state index >= 15 is 0 Å². The summed E-state index contributed by atoms with van der Waals surface area (Å²) in [4.78, 5) is 55.3. The van der Waals surface area contributed by atoms with Crippen LogP contribution in [0.3, 0.4) is 0 Å². The molecule has 2 amide bonds. The number of aromatic nitrogens is 1. The van der Waals surface area contributed by atoms with Gasteiger partial charge in [0, 0.05) is 18.5 Å². The van der Waals surface area contributed by atoms with Gasteiger partial charge >= 0.3 is 11.9 Å². The Morgan fingerprint density at radius 3 is 2.43 bits per heavy atom. The van der Waals surface area contributed by atoms with Crippen molar-refractivity contribution in [1.82, 2.24) is 4.57 Å². The van der Waals surface area contributed by atoms with E-state index in [1.165, 1.54) is 32.7 Å². The number of hydrogen-bond donors (Lipinski definition) is 1. The van der Waals surface area contributed by atoms with Gasteiger partial charge in [0.2, 0.25) is 5.91 Å². The third-order valence-electron chi connectivity index (χ3n) is 6.60. The number of rotatable bonds is 10. The second-order valence-electron chi connectivity index (χ2n) is 9.55. The lowest BCUT2D eigenvalue weighted by Gasteiger charge is -2.08. The quantitative estimate of drug-likeness (QED) is 0.261. The molecule has 2 heterocycles. The number of anilines is 1. The molecule has 0 saturated carbocycles. The molecule has 226 valence electrons. The fourth-order valence-electron chi connectivity index (χ4n) is 4.69. The van der Waals surface area contributed by atoms with Crippen molar-refractivity contribution in [3.63, 3.8) is 0 Å². The Kier molecular flexibility index (Phi) is 10.3. The number of nitrogens with one attached hydrogen (secondary N) is 1. The van der Waals surface area contributed by atoms with Crippen molar-refractivity contribution < 1.29 is 41.8 Å². The molecule has 0 fully saturated rings. The molecular formula is C27H31N3O9S3. The normalized spacial score (nSPS) is 13.8. The minimum atomic E-state index is -4.21. The van der Waals surface area contributed by atoms with Crippen LogP contribution in [-0.4, -0.2) is 76.2 Å². The number of sulfone groups is 1. The molecule has 1 aliphatic carbocycles. The van der Waals surface area contributed by atoms with E-state index in [1.807, 2.05) is 0 Å². The van der Waals surface area contributed by atoms with Gasteiger partial charge in [0.05, 0.1) is 42.2 Å². The Hall–Kier alpha value is -3.40. The largest absolute Gasteiger partial charge is 0.465 e. The minimum absolute atomic E-state index is 0.219. The third kappa shape index (κ3) is 7.32. The molecular weight excluding hydrogens is 607 g/mol. The minimum Gasteiger partial charge on any atom is -0.465 e. The van der Waals surface area contributed by atoms with Gasteiger partial charge in [0.1, 0.15) is 16.5 Å². The van der Waals surface area contributed by atoms with Crippen LogP contribution in [0.2, 0.25) is 0 Å². The van der Waals surface area contributed by atoms with Crippen molar-refractivity contribution in [1.29, 1.82) is 0 Å². The van der Waals surface area contributed by atoms with Crippen LogP contribution in [0, 0.1) is 0 Å². The summed E-state index contributed by atoms with van der Waals surface area (Å²) >= 11 is 2.35. The molecule has 4 rings (SSSR count). The average molecular weight is 638 g/mol. The maximum atomic E-state index is 12.8. The first kappa shape index (κ1) is 31.5. The summed E-state index contributed by atoms with van der Waals surface area (Å²) in [5.41, 5.74) is 2.08. The van der Waals surface area contributed by atoms with Gasteiger partial charge in [-0.05, 0) is 49.4 Å². The Labute approximate surface area is 250 Å². The summed E-state index contributed by atoms with van der Waals surface area (Å²) in [6, 6.07) is 4.87. The van der Waals surface area contributed by atoms with Gasteiger partial charge in [-0.2, -0.15) is 4.99 Å². The molecule has 0 radical (unpaired) electrons. The van der Waals surface area contributed by atoms with E-state index in [-0.39, 0.29) is 15.4 Å². The number of benzene rings is 1. The van der Waals surface area contributed by atoms with Crippen molar-refractivity contribution in [3.05, 3.63) is 44.6 Å². The Morgan fingerprint density at radius 2 is 1.71 bits per heavy atom. The molecule has 2 aromatic heterocycles. The van der Waals surface area contributed by atoms with Crippen molar-refractivity contribution >= 4 is 71.5 Å². The number of fused-ring (bicyclic) bond motifs is 2. The number of methoxy groups -OCH3 is 3. The van der Waals surface area contributed by atoms with E-state index in [2.05, 4.69) is 10.3 Å². The molecule has 0 saturated heterocycles. The molecule has 15 heteroatoms. The Balaban J connectivity index is 1.53. The Morgan fingerprint density at radius 1 is 0.976 bits per heavy atom. The zero-order chi connectivity index (χ0) is 30.4. The molecule has 0 bridgehead atoms. The number of hydrogen-bond acceptors (Lipinski definition) is 11. The third-order valence-corrected chi connectivity index (χ3v) is 10.2. The highest BCUT2D eigenvalue weighted by Gasteiger charge is 2.28. The monoisotopic (exact) mass is 637 g/mol. The topological polar surface area (TPSA) is 159 Å². The lowest BCUT2D eigenvalue weighted by atomic mass is 10.1. The number of ether oxygens (including phenoxy) is 3. The van der Waals surface area contributed by atoms with Gasteiger partial charge in [-0.15, -0.1) is 11.3 Å². The molecule has 42 heavy (non-hydrogen) atoms. The lowest BCUT2D eigenvalue weighted by Crippen LogP contribution is -2.28. The predicted octanol–water partition coefficient (Wildman–Crippen LogP) is 2.73. The smallest absolute Gasteiger partial charge is 0.341 e. The van der Waals surface area contributed by atoms with Crippen LogP contribution < -0.4 is 10.1 Å². The lowest BCUT2D eigenvalue weighted by molar-refractivity contribution is -0.115. The number of carbonyl (C=O) groups is 4. The number of esters is 2. The Bertz CT molecular complexity index is 1700. The van der Waals surface area contributed by atoms with E-state index in [0.29, 0.717) is 35.4 Å². The fourth-order valence-corrected chi connectivity index (χ4v) is 8.11. The summed E-state index contributed by atoms with van der Waals surface area (Å²) < 4.78 is 42.8. The maximum Gasteiger partial charge on any atom is 0.341 e. The number of carbonyl (C=O) groups excluding carboxylic acids is 4. The number of thiazole rings is 1. The molecule has 0 aliphatic heterocycles. The molecule has 1 N–H and O–H groups in total. The van der Waals surface area contributed by atoms with Crippen LogP contribution in [0.15, 0.2) is 23.2 Å². The van der Waals surface area contributed by atoms with Crippen LogP contribution in [0.4, 0.5) is 5.00 Å². The van der Waals surface area contributed by atoms with E-state index in [4.69, 9.17) is 14.2 Å². The highest BCUT2D eigenvalue weighted by Crippen LogP contribution is 2.38. The number of nitrogens with zero attached hydrogens (tertiary/aromatic N) is 2. The summed E-state index contributed by atoms with van der Waals surface area (Å²) in [6.07, 6.45) is 4.33. The summed E-state index contributed by atoms with van der Waals surface area (Å²) in [7, 11) is -0.164. The molecule has 0 spiro atoms. The van der Waals surface area contributed by atoms with Crippen molar-refractivity contribution in [2.75, 3.05) is 44.8 Å². The summed E-state index contributed by atoms with van der Waals surface area (Å²) in [5.74, 6) is -4.88. The van der Waals surface area contributed by atoms with Gasteiger partial charge < -0.3 is 24.1 Å². The van der Waals surface area contributed by atoms with Gasteiger partial charge in [-0.1, -0.05) is 17.8 Å². The van der Waals surface area contributed by atoms with E-state index < -0.39 is 45.1 Å². The standard InChI is InChI=1S/C27H31N3O9S3/c1-37-12-11-30-18-10-9-16(25(33)38-2)13-20(18)41-27(30)29-22(32)15-42(35,36)14-21(31)28-24-23(26(34)39-3)17-7-5-4-6-8-19(17)40-24/h9-10,13H,4-8,11-12,14-15H2,1-3H3,(H,28,31). The first-order valence-corrected chi connectivity index (χ1v) is 16.5. The van der Waals surface area contributed by atoms with Crippen molar-refractivity contribution in [2.45, 2.75) is 38.6 Å². The van der Waals surface area contributed by atoms with Crippen molar-refractivity contribution in [2.24, 2.45) is 4.99 Å². The van der Waals surface area contributed by atoms with Gasteiger partial charge in [0.15, 0.2) is 14.6 Å². The molecule has 3 aromatic rings. The first-order chi connectivity index (χ1) is 20.1. The zero-order valence-corrected chi connectivity index (χ0v) is 25.8. The summed E-state index contributed by atoms with van der Waals surface area (Å²) in [6.45, 7) is 0.618. The molecule has 0 unspecified atom stereocenters. The first-order valence-electron chi connectivity index (χ1n) is 13.1. The second-order valence-corrected chi connectivity index (χ2v) is 13.7. The van der Waals surface area contributed by atoms with Gasteiger partial charge in [-0.25, -0.2) is 18.0 Å². The highest BCUT2D eigenvalue weighted by atomic mass is 32.2. The van der Waals surface area contributed by atoms with Gasteiger partial charge in [0.25, 0.3) is 5.91 Å². The molecule has 12 nitrogen and oxygen atoms in total. The second kappa shape index (κ2) is 13.7. The van der Waals surface area contributed by atoms with E-state index in [1.54, 1.807) is 22.8 Å². The van der Waals surface area contributed by atoms with Crippen LogP contribution in [0.25, 0.3) is 10.2 Å². The van der Waals surface area contributed by atoms with Crippen LogP contribution >= 0.6 is 22.7 Å². The number of aryl methyl sites for hydroxylation is 1. The zero-order valence-electron chi connectivity index (χ0n) is 23.4. The van der Waals surface area contributed by atoms with Crippen LogP contribution in [0.1, 0.15) is 50.4 Å². The van der Waals surface area contributed by atoms with E-state index in [9.17, 15) is 27.6 Å². The average Bonchev–Trinajstić information content (AvgIpc) is 3.35. The van der Waals surface area contributed by atoms with Crippen LogP contribution in [-0.2, 0) is 53.0 Å². The molecule has 0 atom stereocenters. The maximum absolute atomic E-state index is 12.8. The van der Waals surface area contributed by atoms with Crippen molar-refractivity contribution in [3.8, 4) is 0 Å². The summed E-state index contributed by atoms with van der Waals surface area (Å²) in [5, 5.41) is 2.81.